The van der Waals surface area contributed by atoms with Crippen LogP contribution in [0.2, 0.25) is 0 Å². The van der Waals surface area contributed by atoms with Crippen LogP contribution in [0.15, 0.2) is 41.6 Å². The summed E-state index contributed by atoms with van der Waals surface area (Å²) in [6.45, 7) is 0.161. The van der Waals surface area contributed by atoms with Crippen LogP contribution in [-0.2, 0) is 16.6 Å². The smallest absolute Gasteiger partial charge is 0.245 e. The molecule has 2 rings (SSSR count). The third-order valence-corrected chi connectivity index (χ3v) is 4.52. The number of anilines is 1. The largest absolute Gasteiger partial charge is 0.347 e. The number of nitrogen functional groups attached to an aromatic ring is 1. The van der Waals surface area contributed by atoms with Gasteiger partial charge in [-0.15, -0.1) is 0 Å². The SMILES string of the molecule is CN(Cc1ncc[nH]1)S(=O)(=O)c1ccccc1NN. The van der Waals surface area contributed by atoms with E-state index < -0.39 is 10.0 Å². The van der Waals surface area contributed by atoms with E-state index in [4.69, 9.17) is 5.84 Å². The summed E-state index contributed by atoms with van der Waals surface area (Å²) in [7, 11) is -2.14. The van der Waals surface area contributed by atoms with E-state index in [1.807, 2.05) is 0 Å². The lowest BCUT2D eigenvalue weighted by Gasteiger charge is -2.18. The van der Waals surface area contributed by atoms with Crippen LogP contribution in [0.25, 0.3) is 0 Å². The summed E-state index contributed by atoms with van der Waals surface area (Å²) in [5.41, 5.74) is 2.74. The van der Waals surface area contributed by atoms with Crippen molar-refractivity contribution in [2.75, 3.05) is 12.5 Å². The lowest BCUT2D eigenvalue weighted by molar-refractivity contribution is 0.458. The van der Waals surface area contributed by atoms with Crippen LogP contribution in [0.3, 0.4) is 0 Å². The maximum Gasteiger partial charge on any atom is 0.245 e. The third kappa shape index (κ3) is 2.75. The summed E-state index contributed by atoms with van der Waals surface area (Å²) in [5, 5.41) is 0. The van der Waals surface area contributed by atoms with Crippen molar-refractivity contribution in [3.63, 3.8) is 0 Å². The molecule has 0 bridgehead atoms. The normalized spacial score (nSPS) is 11.7. The van der Waals surface area contributed by atoms with Gasteiger partial charge in [0.2, 0.25) is 10.0 Å². The Morgan fingerprint density at radius 1 is 1.42 bits per heavy atom. The Balaban J connectivity index is 2.31. The zero-order valence-corrected chi connectivity index (χ0v) is 11.2. The first-order chi connectivity index (χ1) is 9.05. The van der Waals surface area contributed by atoms with E-state index in [1.165, 1.54) is 17.4 Å². The number of hydrogen-bond acceptors (Lipinski definition) is 5. The Labute approximate surface area is 111 Å². The molecule has 1 aromatic heterocycles. The fourth-order valence-corrected chi connectivity index (χ4v) is 2.94. The number of H-pyrrole nitrogens is 1. The zero-order valence-electron chi connectivity index (χ0n) is 10.4. The molecule has 7 nitrogen and oxygen atoms in total. The van der Waals surface area contributed by atoms with Crippen molar-refractivity contribution in [3.8, 4) is 0 Å². The highest BCUT2D eigenvalue weighted by molar-refractivity contribution is 7.89. The fourth-order valence-electron chi connectivity index (χ4n) is 1.66. The zero-order chi connectivity index (χ0) is 13.9. The lowest BCUT2D eigenvalue weighted by Crippen LogP contribution is -2.28. The molecule has 0 unspecified atom stereocenters. The van der Waals surface area contributed by atoms with Gasteiger partial charge in [0, 0.05) is 19.4 Å². The van der Waals surface area contributed by atoms with Crippen LogP contribution in [-0.4, -0.2) is 29.7 Å². The van der Waals surface area contributed by atoms with Gasteiger partial charge in [0.05, 0.1) is 12.2 Å². The highest BCUT2D eigenvalue weighted by Crippen LogP contribution is 2.23. The third-order valence-electron chi connectivity index (χ3n) is 2.66. The summed E-state index contributed by atoms with van der Waals surface area (Å²) in [4.78, 5) is 7.00. The molecule has 0 aliphatic rings. The van der Waals surface area contributed by atoms with E-state index in [-0.39, 0.29) is 11.4 Å². The molecule has 0 amide bonds. The van der Waals surface area contributed by atoms with Crippen molar-refractivity contribution in [2.24, 2.45) is 5.84 Å². The molecule has 8 heteroatoms. The molecule has 4 N–H and O–H groups in total. The molecular formula is C11H15N5O2S. The predicted molar refractivity (Wildman–Crippen MR) is 71.5 cm³/mol. The summed E-state index contributed by atoms with van der Waals surface area (Å²) in [5.74, 6) is 5.91. The Bertz CT molecular complexity index is 639. The maximum absolute atomic E-state index is 12.4. The van der Waals surface area contributed by atoms with Crippen molar-refractivity contribution >= 4 is 15.7 Å². The van der Waals surface area contributed by atoms with E-state index >= 15 is 0 Å². The molecule has 0 saturated carbocycles. The van der Waals surface area contributed by atoms with Crippen LogP contribution in [0.4, 0.5) is 5.69 Å². The summed E-state index contributed by atoms with van der Waals surface area (Å²) >= 11 is 0. The average Bonchev–Trinajstić information content (AvgIpc) is 2.91. The number of nitrogens with one attached hydrogen (secondary N) is 2. The van der Waals surface area contributed by atoms with E-state index in [0.29, 0.717) is 11.5 Å². The highest BCUT2D eigenvalue weighted by atomic mass is 32.2. The maximum atomic E-state index is 12.4. The monoisotopic (exact) mass is 281 g/mol. The number of hydrazine groups is 1. The standard InChI is InChI=1S/C11H15N5O2S/c1-16(8-11-13-6-7-14-11)19(17,18)10-5-3-2-4-9(10)15-12/h2-7,15H,8,12H2,1H3,(H,13,14). The Kier molecular flexibility index (Phi) is 3.84. The molecule has 19 heavy (non-hydrogen) atoms. The van der Waals surface area contributed by atoms with E-state index in [1.54, 1.807) is 30.6 Å². The molecular weight excluding hydrogens is 266 g/mol. The van der Waals surface area contributed by atoms with Gasteiger partial charge in [0.25, 0.3) is 0 Å². The number of benzene rings is 1. The molecule has 0 fully saturated rings. The number of hydrogen-bond donors (Lipinski definition) is 3. The first kappa shape index (κ1) is 13.5. The number of imidazole rings is 1. The molecule has 0 atom stereocenters. The minimum atomic E-state index is -3.63. The van der Waals surface area contributed by atoms with Gasteiger partial charge in [-0.05, 0) is 12.1 Å². The number of nitrogens with two attached hydrogens (primary N) is 1. The fraction of sp³-hybridized carbons (Fsp3) is 0.182. The molecule has 1 heterocycles. The number of nitrogens with zero attached hydrogens (tertiary/aromatic N) is 2. The van der Waals surface area contributed by atoms with Crippen LogP contribution in [0, 0.1) is 0 Å². The first-order valence-corrected chi connectivity index (χ1v) is 7.00. The highest BCUT2D eigenvalue weighted by Gasteiger charge is 2.24. The molecule has 0 spiro atoms. The molecule has 0 saturated heterocycles. The van der Waals surface area contributed by atoms with Gasteiger partial charge >= 0.3 is 0 Å². The second-order valence-corrected chi connectivity index (χ2v) is 5.95. The van der Waals surface area contributed by atoms with Crippen LogP contribution in [0.1, 0.15) is 5.82 Å². The molecule has 0 aliphatic heterocycles. The number of para-hydroxylation sites is 1. The average molecular weight is 281 g/mol. The summed E-state index contributed by atoms with van der Waals surface area (Å²) in [6.07, 6.45) is 3.22. The Hall–Kier alpha value is -1.90. The quantitative estimate of drug-likeness (QED) is 0.547. The number of aromatic nitrogens is 2. The summed E-state index contributed by atoms with van der Waals surface area (Å²) < 4.78 is 26.1. The van der Waals surface area contributed by atoms with Crippen molar-refractivity contribution in [3.05, 3.63) is 42.5 Å². The Morgan fingerprint density at radius 2 is 2.16 bits per heavy atom. The molecule has 1 aromatic carbocycles. The number of aromatic amines is 1. The van der Waals surface area contributed by atoms with E-state index in [2.05, 4.69) is 15.4 Å². The second kappa shape index (κ2) is 5.39. The van der Waals surface area contributed by atoms with Crippen LogP contribution in [0.5, 0.6) is 0 Å². The van der Waals surface area contributed by atoms with Gasteiger partial charge in [0.1, 0.15) is 10.7 Å². The van der Waals surface area contributed by atoms with Gasteiger partial charge in [-0.3, -0.25) is 5.84 Å². The lowest BCUT2D eigenvalue weighted by atomic mass is 10.3. The van der Waals surface area contributed by atoms with Gasteiger partial charge in [-0.2, -0.15) is 4.31 Å². The second-order valence-electron chi connectivity index (χ2n) is 3.94. The van der Waals surface area contributed by atoms with E-state index in [9.17, 15) is 8.42 Å². The number of sulfonamides is 1. The molecule has 2 aromatic rings. The minimum absolute atomic E-state index is 0.131. The predicted octanol–water partition coefficient (Wildman–Crippen LogP) is 0.516. The topological polar surface area (TPSA) is 104 Å². The molecule has 0 aliphatic carbocycles. The Morgan fingerprint density at radius 3 is 2.79 bits per heavy atom. The van der Waals surface area contributed by atoms with Gasteiger partial charge in [-0.1, -0.05) is 12.1 Å². The first-order valence-electron chi connectivity index (χ1n) is 5.56. The minimum Gasteiger partial charge on any atom is -0.347 e. The van der Waals surface area contributed by atoms with Gasteiger partial charge in [0.15, 0.2) is 0 Å². The van der Waals surface area contributed by atoms with Gasteiger partial charge in [-0.25, -0.2) is 13.4 Å². The van der Waals surface area contributed by atoms with Crippen molar-refractivity contribution in [2.45, 2.75) is 11.4 Å². The summed E-state index contributed by atoms with van der Waals surface area (Å²) in [6, 6.07) is 6.46. The van der Waals surface area contributed by atoms with Crippen LogP contribution < -0.4 is 11.3 Å². The van der Waals surface area contributed by atoms with Crippen molar-refractivity contribution in [1.82, 2.24) is 14.3 Å². The van der Waals surface area contributed by atoms with Crippen LogP contribution >= 0.6 is 0 Å². The van der Waals surface area contributed by atoms with Gasteiger partial charge < -0.3 is 10.4 Å². The molecule has 102 valence electrons. The van der Waals surface area contributed by atoms with E-state index in [0.717, 1.165) is 0 Å². The van der Waals surface area contributed by atoms with Crippen molar-refractivity contribution in [1.29, 1.82) is 0 Å². The number of rotatable bonds is 5. The van der Waals surface area contributed by atoms with Crippen molar-refractivity contribution < 1.29 is 8.42 Å². The molecule has 0 radical (unpaired) electrons.